The SMILES string of the molecule is Cc1cc(CNC(=O)CN(C)C2CCSC2)ccc1N(C)C. The van der Waals surface area contributed by atoms with E-state index in [1.165, 1.54) is 23.4 Å². The van der Waals surface area contributed by atoms with Gasteiger partial charge in [0, 0.05) is 38.1 Å². The molecule has 1 N–H and O–H groups in total. The van der Waals surface area contributed by atoms with E-state index in [0.717, 1.165) is 11.3 Å². The Morgan fingerprint density at radius 3 is 2.73 bits per heavy atom. The molecule has 1 aliphatic heterocycles. The van der Waals surface area contributed by atoms with Crippen LogP contribution in [0.1, 0.15) is 17.5 Å². The molecule has 4 nitrogen and oxygen atoms in total. The minimum atomic E-state index is 0.105. The number of anilines is 1. The van der Waals surface area contributed by atoms with Gasteiger partial charge in [-0.2, -0.15) is 11.8 Å². The van der Waals surface area contributed by atoms with Crippen molar-refractivity contribution in [1.29, 1.82) is 0 Å². The van der Waals surface area contributed by atoms with Crippen molar-refractivity contribution in [3.8, 4) is 0 Å². The van der Waals surface area contributed by atoms with Crippen molar-refractivity contribution in [2.45, 2.75) is 25.9 Å². The number of carbonyl (C=O) groups is 1. The molecule has 1 saturated heterocycles. The Kier molecular flexibility index (Phi) is 6.15. The van der Waals surface area contributed by atoms with Gasteiger partial charge >= 0.3 is 0 Å². The monoisotopic (exact) mass is 321 g/mol. The number of aryl methyl sites for hydroxylation is 1. The molecule has 5 heteroatoms. The first-order chi connectivity index (χ1) is 10.5. The van der Waals surface area contributed by atoms with Gasteiger partial charge in [-0.15, -0.1) is 0 Å². The number of thioether (sulfide) groups is 1. The smallest absolute Gasteiger partial charge is 0.234 e. The van der Waals surface area contributed by atoms with Crippen molar-refractivity contribution >= 4 is 23.4 Å². The van der Waals surface area contributed by atoms with Crippen LogP contribution in [0.25, 0.3) is 0 Å². The van der Waals surface area contributed by atoms with E-state index in [1.807, 2.05) is 32.9 Å². The quantitative estimate of drug-likeness (QED) is 0.870. The largest absolute Gasteiger partial charge is 0.377 e. The molecule has 1 aromatic rings. The second-order valence-corrected chi connectivity index (χ2v) is 7.37. The molecular weight excluding hydrogens is 294 g/mol. The summed E-state index contributed by atoms with van der Waals surface area (Å²) in [7, 11) is 6.13. The highest BCUT2D eigenvalue weighted by Crippen LogP contribution is 2.21. The Morgan fingerprint density at radius 1 is 1.36 bits per heavy atom. The third-order valence-electron chi connectivity index (χ3n) is 4.15. The van der Waals surface area contributed by atoms with E-state index < -0.39 is 0 Å². The van der Waals surface area contributed by atoms with Crippen LogP contribution in [-0.4, -0.2) is 56.0 Å². The lowest BCUT2D eigenvalue weighted by atomic mass is 10.1. The molecule has 1 atom stereocenters. The van der Waals surface area contributed by atoms with Gasteiger partial charge in [-0.3, -0.25) is 9.69 Å². The molecule has 1 heterocycles. The van der Waals surface area contributed by atoms with Gasteiger partial charge in [-0.1, -0.05) is 12.1 Å². The lowest BCUT2D eigenvalue weighted by molar-refractivity contribution is -0.122. The van der Waals surface area contributed by atoms with Crippen LogP contribution in [0, 0.1) is 6.92 Å². The summed E-state index contributed by atoms with van der Waals surface area (Å²) in [6, 6.07) is 6.89. The molecule has 0 aliphatic carbocycles. The molecule has 122 valence electrons. The van der Waals surface area contributed by atoms with Crippen LogP contribution in [0.2, 0.25) is 0 Å². The highest BCUT2D eigenvalue weighted by molar-refractivity contribution is 7.99. The molecule has 0 spiro atoms. The molecule has 22 heavy (non-hydrogen) atoms. The molecule has 0 saturated carbocycles. The molecule has 1 unspecified atom stereocenters. The number of likely N-dealkylation sites (N-methyl/N-ethyl adjacent to an activating group) is 1. The van der Waals surface area contributed by atoms with Crippen molar-refractivity contribution in [3.63, 3.8) is 0 Å². The molecule has 1 aliphatic rings. The van der Waals surface area contributed by atoms with Crippen LogP contribution in [0.15, 0.2) is 18.2 Å². The first-order valence-electron chi connectivity index (χ1n) is 7.79. The molecule has 0 aromatic heterocycles. The van der Waals surface area contributed by atoms with Crippen LogP contribution >= 0.6 is 11.8 Å². The van der Waals surface area contributed by atoms with Crippen molar-refractivity contribution in [1.82, 2.24) is 10.2 Å². The predicted molar refractivity (Wildman–Crippen MR) is 95.7 cm³/mol. The van der Waals surface area contributed by atoms with Gasteiger partial charge in [-0.25, -0.2) is 0 Å². The summed E-state index contributed by atoms with van der Waals surface area (Å²) in [5.74, 6) is 2.47. The fourth-order valence-corrected chi connectivity index (χ4v) is 4.11. The van der Waals surface area contributed by atoms with Gasteiger partial charge in [0.15, 0.2) is 0 Å². The van der Waals surface area contributed by atoms with Crippen LogP contribution in [-0.2, 0) is 11.3 Å². The third-order valence-corrected chi connectivity index (χ3v) is 5.30. The second kappa shape index (κ2) is 7.88. The van der Waals surface area contributed by atoms with E-state index in [1.54, 1.807) is 0 Å². The fraction of sp³-hybridized carbons (Fsp3) is 0.588. The van der Waals surface area contributed by atoms with E-state index in [2.05, 4.69) is 40.2 Å². The molecule has 1 amide bonds. The summed E-state index contributed by atoms with van der Waals surface area (Å²) in [4.78, 5) is 16.4. The zero-order chi connectivity index (χ0) is 16.1. The van der Waals surface area contributed by atoms with Crippen LogP contribution < -0.4 is 10.2 Å². The Bertz CT molecular complexity index is 513. The number of nitrogens with zero attached hydrogens (tertiary/aromatic N) is 2. The topological polar surface area (TPSA) is 35.6 Å². The molecule has 2 rings (SSSR count). The summed E-state index contributed by atoms with van der Waals surface area (Å²) in [6.07, 6.45) is 1.19. The molecule has 1 aromatic carbocycles. The van der Waals surface area contributed by atoms with E-state index in [4.69, 9.17) is 0 Å². The predicted octanol–water partition coefficient (Wildman–Crippen LogP) is 2.11. The van der Waals surface area contributed by atoms with Gasteiger partial charge in [0.2, 0.25) is 5.91 Å². The fourth-order valence-electron chi connectivity index (χ4n) is 2.81. The zero-order valence-corrected chi connectivity index (χ0v) is 14.9. The Labute approximate surface area is 138 Å². The molecular formula is C17H27N3OS. The number of carbonyl (C=O) groups excluding carboxylic acids is 1. The average Bonchev–Trinajstić information content (AvgIpc) is 2.99. The van der Waals surface area contributed by atoms with E-state index in [-0.39, 0.29) is 5.91 Å². The van der Waals surface area contributed by atoms with Gasteiger partial charge in [-0.05, 0) is 43.3 Å². The third kappa shape index (κ3) is 4.65. The maximum atomic E-state index is 12.1. The lowest BCUT2D eigenvalue weighted by Crippen LogP contribution is -2.40. The first-order valence-corrected chi connectivity index (χ1v) is 8.94. The highest BCUT2D eigenvalue weighted by atomic mass is 32.2. The lowest BCUT2D eigenvalue weighted by Gasteiger charge is -2.22. The number of hydrogen-bond donors (Lipinski definition) is 1. The van der Waals surface area contributed by atoms with Gasteiger partial charge < -0.3 is 10.2 Å². The summed E-state index contributed by atoms with van der Waals surface area (Å²) >= 11 is 1.98. The summed E-state index contributed by atoms with van der Waals surface area (Å²) in [6.45, 7) is 3.19. The minimum Gasteiger partial charge on any atom is -0.377 e. The van der Waals surface area contributed by atoms with Crippen molar-refractivity contribution < 1.29 is 4.79 Å². The number of rotatable bonds is 6. The van der Waals surface area contributed by atoms with Crippen LogP contribution in [0.5, 0.6) is 0 Å². The standard InChI is InChI=1S/C17H27N3OS/c1-13-9-14(5-6-16(13)19(2)3)10-18-17(21)11-20(4)15-7-8-22-12-15/h5-6,9,15H,7-8,10-12H2,1-4H3,(H,18,21). The van der Waals surface area contributed by atoms with Gasteiger partial charge in [0.05, 0.1) is 6.54 Å². The van der Waals surface area contributed by atoms with Crippen molar-refractivity contribution in [2.24, 2.45) is 0 Å². The summed E-state index contributed by atoms with van der Waals surface area (Å²) in [5.41, 5.74) is 3.60. The Morgan fingerprint density at radius 2 is 2.14 bits per heavy atom. The number of benzene rings is 1. The van der Waals surface area contributed by atoms with E-state index in [0.29, 0.717) is 19.1 Å². The van der Waals surface area contributed by atoms with Crippen molar-refractivity contribution in [3.05, 3.63) is 29.3 Å². The highest BCUT2D eigenvalue weighted by Gasteiger charge is 2.21. The maximum Gasteiger partial charge on any atom is 0.234 e. The van der Waals surface area contributed by atoms with Crippen molar-refractivity contribution in [2.75, 3.05) is 44.1 Å². The van der Waals surface area contributed by atoms with Crippen LogP contribution in [0.3, 0.4) is 0 Å². The Balaban J connectivity index is 1.82. The molecule has 0 radical (unpaired) electrons. The van der Waals surface area contributed by atoms with E-state index in [9.17, 15) is 4.79 Å². The number of amides is 1. The Hall–Kier alpha value is -1.20. The number of hydrogen-bond acceptors (Lipinski definition) is 4. The second-order valence-electron chi connectivity index (χ2n) is 6.22. The molecule has 0 bridgehead atoms. The summed E-state index contributed by atoms with van der Waals surface area (Å²) in [5, 5.41) is 3.03. The minimum absolute atomic E-state index is 0.105. The molecule has 1 fully saturated rings. The normalized spacial score (nSPS) is 17.8. The summed E-state index contributed by atoms with van der Waals surface area (Å²) < 4.78 is 0. The van der Waals surface area contributed by atoms with Gasteiger partial charge in [0.25, 0.3) is 0 Å². The van der Waals surface area contributed by atoms with Gasteiger partial charge in [0.1, 0.15) is 0 Å². The van der Waals surface area contributed by atoms with E-state index >= 15 is 0 Å². The average molecular weight is 321 g/mol. The maximum absolute atomic E-state index is 12.1. The first kappa shape index (κ1) is 17.2. The van der Waals surface area contributed by atoms with Crippen LogP contribution in [0.4, 0.5) is 5.69 Å². The number of nitrogens with one attached hydrogen (secondary N) is 1. The zero-order valence-electron chi connectivity index (χ0n) is 14.1.